The van der Waals surface area contributed by atoms with Gasteiger partial charge in [0.2, 0.25) is 0 Å². The van der Waals surface area contributed by atoms with Crippen LogP contribution in [0.4, 0.5) is 9.18 Å². The number of ether oxygens (including phenoxy) is 1. The molecule has 130 valence electrons. The summed E-state index contributed by atoms with van der Waals surface area (Å²) in [5, 5.41) is 9.44. The molecule has 2 N–H and O–H groups in total. The van der Waals surface area contributed by atoms with Crippen molar-refractivity contribution in [3.63, 3.8) is 0 Å². The van der Waals surface area contributed by atoms with Crippen LogP contribution in [-0.4, -0.2) is 24.3 Å². The molecule has 0 aliphatic carbocycles. The average molecular weight is 335 g/mol. The molecule has 1 aromatic heterocycles. The van der Waals surface area contributed by atoms with E-state index in [4.69, 9.17) is 9.26 Å². The van der Waals surface area contributed by atoms with Gasteiger partial charge in [-0.25, -0.2) is 9.18 Å². The highest BCUT2D eigenvalue weighted by Crippen LogP contribution is 2.20. The fraction of sp³-hybridized carbons (Fsp3) is 0.412. The number of aromatic nitrogens is 1. The summed E-state index contributed by atoms with van der Waals surface area (Å²) in [4.78, 5) is 11.9. The third-order valence-corrected chi connectivity index (χ3v) is 3.57. The van der Waals surface area contributed by atoms with Crippen molar-refractivity contribution < 1.29 is 18.4 Å². The Bertz CT molecular complexity index is 668. The van der Waals surface area contributed by atoms with Crippen LogP contribution in [0.2, 0.25) is 0 Å². The lowest BCUT2D eigenvalue weighted by molar-refractivity contribution is 0.235. The van der Waals surface area contributed by atoms with Gasteiger partial charge in [0, 0.05) is 12.1 Å². The van der Waals surface area contributed by atoms with Crippen molar-refractivity contribution in [2.75, 3.05) is 13.2 Å². The number of nitrogens with zero attached hydrogens (tertiary/aromatic N) is 1. The van der Waals surface area contributed by atoms with Gasteiger partial charge in [-0.3, -0.25) is 0 Å². The highest BCUT2D eigenvalue weighted by atomic mass is 19.1. The van der Waals surface area contributed by atoms with Gasteiger partial charge in [0.1, 0.15) is 5.76 Å². The highest BCUT2D eigenvalue weighted by molar-refractivity contribution is 5.74. The number of nitrogens with one attached hydrogen (secondary N) is 2. The van der Waals surface area contributed by atoms with Crippen molar-refractivity contribution in [3.8, 4) is 5.75 Å². The second kappa shape index (κ2) is 8.33. The van der Waals surface area contributed by atoms with Gasteiger partial charge < -0.3 is 19.9 Å². The Morgan fingerprint density at radius 3 is 2.79 bits per heavy atom. The molecule has 24 heavy (non-hydrogen) atoms. The Morgan fingerprint density at radius 2 is 2.12 bits per heavy atom. The van der Waals surface area contributed by atoms with Gasteiger partial charge >= 0.3 is 6.03 Å². The molecule has 0 bridgehead atoms. The van der Waals surface area contributed by atoms with Crippen molar-refractivity contribution in [2.24, 2.45) is 0 Å². The second-order valence-corrected chi connectivity index (χ2v) is 5.49. The number of urea groups is 1. The van der Waals surface area contributed by atoms with Crippen LogP contribution in [0.15, 0.2) is 28.8 Å². The fourth-order valence-electron chi connectivity index (χ4n) is 2.45. The van der Waals surface area contributed by atoms with E-state index in [9.17, 15) is 9.18 Å². The van der Waals surface area contributed by atoms with Crippen molar-refractivity contribution in [1.29, 1.82) is 0 Å². The Morgan fingerprint density at radius 1 is 1.38 bits per heavy atom. The van der Waals surface area contributed by atoms with Crippen LogP contribution in [0.25, 0.3) is 0 Å². The summed E-state index contributed by atoms with van der Waals surface area (Å²) in [5.74, 6) is 0.518. The quantitative estimate of drug-likeness (QED) is 0.762. The molecular weight excluding hydrogens is 313 g/mol. The minimum Gasteiger partial charge on any atom is -0.490 e. The topological polar surface area (TPSA) is 76.4 Å². The number of aryl methyl sites for hydroxylation is 2. The summed E-state index contributed by atoms with van der Waals surface area (Å²) in [5.41, 5.74) is 1.65. The van der Waals surface area contributed by atoms with Crippen LogP contribution in [0, 0.1) is 19.7 Å². The lowest BCUT2D eigenvalue weighted by Crippen LogP contribution is -2.38. The summed E-state index contributed by atoms with van der Waals surface area (Å²) in [6.07, 6.45) is 0.571. The lowest BCUT2D eigenvalue weighted by atomic mass is 10.1. The Balaban J connectivity index is 1.67. The van der Waals surface area contributed by atoms with Gasteiger partial charge in [-0.15, -0.1) is 0 Å². The van der Waals surface area contributed by atoms with E-state index in [1.165, 1.54) is 6.07 Å². The molecule has 1 aromatic carbocycles. The zero-order valence-electron chi connectivity index (χ0n) is 14.1. The predicted molar refractivity (Wildman–Crippen MR) is 87.4 cm³/mol. The number of hydrogen-bond acceptors (Lipinski definition) is 4. The SMILES string of the molecule is Cc1noc(C)c1[C@H](C)NC(=O)NCCCOc1ccccc1F. The maximum absolute atomic E-state index is 13.4. The number of para-hydroxylation sites is 1. The third-order valence-electron chi connectivity index (χ3n) is 3.57. The number of carbonyl (C=O) groups excluding carboxylic acids is 1. The van der Waals surface area contributed by atoms with E-state index in [2.05, 4.69) is 15.8 Å². The van der Waals surface area contributed by atoms with E-state index in [0.717, 1.165) is 11.3 Å². The normalized spacial score (nSPS) is 11.8. The second-order valence-electron chi connectivity index (χ2n) is 5.49. The molecule has 0 spiro atoms. The van der Waals surface area contributed by atoms with Crippen LogP contribution in [0.5, 0.6) is 5.75 Å². The molecule has 1 atom stereocenters. The molecule has 0 aliphatic rings. The molecule has 0 radical (unpaired) electrons. The smallest absolute Gasteiger partial charge is 0.315 e. The van der Waals surface area contributed by atoms with Crippen LogP contribution in [0.1, 0.15) is 36.4 Å². The maximum Gasteiger partial charge on any atom is 0.315 e. The maximum atomic E-state index is 13.4. The van der Waals surface area contributed by atoms with Crippen LogP contribution in [0.3, 0.4) is 0 Å². The molecule has 0 saturated carbocycles. The largest absolute Gasteiger partial charge is 0.490 e. The molecule has 0 aliphatic heterocycles. The first-order chi connectivity index (χ1) is 11.5. The Labute approximate surface area is 140 Å². The van der Waals surface area contributed by atoms with Gasteiger partial charge in [-0.05, 0) is 39.3 Å². The lowest BCUT2D eigenvalue weighted by Gasteiger charge is -2.14. The van der Waals surface area contributed by atoms with Gasteiger partial charge in [0.05, 0.1) is 18.3 Å². The van der Waals surface area contributed by atoms with Crippen molar-refractivity contribution in [3.05, 3.63) is 47.1 Å². The zero-order valence-corrected chi connectivity index (χ0v) is 14.1. The van der Waals surface area contributed by atoms with Crippen LogP contribution in [-0.2, 0) is 0 Å². The first-order valence-electron chi connectivity index (χ1n) is 7.83. The minimum absolute atomic E-state index is 0.203. The summed E-state index contributed by atoms with van der Waals surface area (Å²) < 4.78 is 23.8. The summed E-state index contributed by atoms with van der Waals surface area (Å²) in [7, 11) is 0. The zero-order chi connectivity index (χ0) is 17.5. The Hall–Kier alpha value is -2.57. The molecule has 7 heteroatoms. The fourth-order valence-corrected chi connectivity index (χ4v) is 2.45. The number of halogens is 1. The molecule has 0 saturated heterocycles. The molecule has 0 unspecified atom stereocenters. The number of hydrogen-bond donors (Lipinski definition) is 2. The average Bonchev–Trinajstić information content (AvgIpc) is 2.87. The number of amides is 2. The third kappa shape index (κ3) is 4.71. The number of carbonyl (C=O) groups is 1. The minimum atomic E-state index is -0.392. The van der Waals surface area contributed by atoms with Crippen LogP contribution < -0.4 is 15.4 Å². The van der Waals surface area contributed by atoms with Gasteiger partial charge in [0.25, 0.3) is 0 Å². The molecule has 2 rings (SSSR count). The monoisotopic (exact) mass is 335 g/mol. The number of benzene rings is 1. The Kier molecular flexibility index (Phi) is 6.17. The molecular formula is C17H22FN3O3. The van der Waals surface area contributed by atoms with Crippen molar-refractivity contribution in [2.45, 2.75) is 33.2 Å². The van der Waals surface area contributed by atoms with Gasteiger partial charge in [-0.2, -0.15) is 0 Å². The van der Waals surface area contributed by atoms with E-state index >= 15 is 0 Å². The van der Waals surface area contributed by atoms with Gasteiger partial charge in [-0.1, -0.05) is 17.3 Å². The predicted octanol–water partition coefficient (Wildman–Crippen LogP) is 3.26. The van der Waals surface area contributed by atoms with E-state index in [0.29, 0.717) is 25.3 Å². The summed E-state index contributed by atoms with van der Waals surface area (Å²) in [6.45, 7) is 6.26. The molecule has 6 nitrogen and oxygen atoms in total. The molecule has 2 aromatic rings. The van der Waals surface area contributed by atoms with Crippen LogP contribution >= 0.6 is 0 Å². The molecule has 2 amide bonds. The standard InChI is InChI=1S/C17H22FN3O3/c1-11(16-12(2)21-24-13(16)3)20-17(22)19-9-6-10-23-15-8-5-4-7-14(15)18/h4-5,7-8,11H,6,9-10H2,1-3H3,(H2,19,20,22)/t11-/m0/s1. The molecule has 0 fully saturated rings. The first-order valence-corrected chi connectivity index (χ1v) is 7.83. The van der Waals surface area contributed by atoms with Gasteiger partial charge in [0.15, 0.2) is 11.6 Å². The van der Waals surface area contributed by atoms with E-state index < -0.39 is 5.82 Å². The highest BCUT2D eigenvalue weighted by Gasteiger charge is 2.17. The van der Waals surface area contributed by atoms with Crippen molar-refractivity contribution in [1.82, 2.24) is 15.8 Å². The molecule has 1 heterocycles. The first kappa shape index (κ1) is 17.8. The van der Waals surface area contributed by atoms with E-state index in [1.807, 2.05) is 20.8 Å². The summed E-state index contributed by atoms with van der Waals surface area (Å²) >= 11 is 0. The van der Waals surface area contributed by atoms with Crippen molar-refractivity contribution >= 4 is 6.03 Å². The van der Waals surface area contributed by atoms with E-state index in [1.54, 1.807) is 18.2 Å². The van der Waals surface area contributed by atoms with E-state index in [-0.39, 0.29) is 17.8 Å². The summed E-state index contributed by atoms with van der Waals surface area (Å²) in [6, 6.07) is 5.74. The number of rotatable bonds is 7.